The molecule has 2 N–H and O–H groups in total. The number of hydrogen-bond acceptors (Lipinski definition) is 6. The van der Waals surface area contributed by atoms with Crippen molar-refractivity contribution in [3.63, 3.8) is 0 Å². The Morgan fingerprint density at radius 1 is 1.41 bits per heavy atom. The van der Waals surface area contributed by atoms with Crippen LogP contribution in [0.15, 0.2) is 18.5 Å². The van der Waals surface area contributed by atoms with Crippen LogP contribution in [0.2, 0.25) is 0 Å². The van der Waals surface area contributed by atoms with Crippen LogP contribution in [0.25, 0.3) is 5.65 Å². The second-order valence-corrected chi connectivity index (χ2v) is 6.12. The van der Waals surface area contributed by atoms with Gasteiger partial charge in [0.25, 0.3) is 0 Å². The summed E-state index contributed by atoms with van der Waals surface area (Å²) in [6.07, 6.45) is 1.90. The quantitative estimate of drug-likeness (QED) is 0.875. The van der Waals surface area contributed by atoms with Gasteiger partial charge in [0.05, 0.1) is 0 Å². The lowest BCUT2D eigenvalue weighted by atomic mass is 10.2. The number of amides is 1. The van der Waals surface area contributed by atoms with Crippen molar-refractivity contribution in [2.24, 2.45) is 0 Å². The number of anilines is 1. The molecular formula is C14H22N6O2. The zero-order valence-corrected chi connectivity index (χ0v) is 13.3. The molecule has 1 amide bonds. The van der Waals surface area contributed by atoms with E-state index in [1.54, 1.807) is 10.8 Å². The van der Waals surface area contributed by atoms with E-state index in [2.05, 4.69) is 25.9 Å². The van der Waals surface area contributed by atoms with E-state index in [1.165, 1.54) is 0 Å². The molecule has 22 heavy (non-hydrogen) atoms. The molecule has 120 valence electrons. The fraction of sp³-hybridized carbons (Fsp3) is 0.571. The van der Waals surface area contributed by atoms with Crippen molar-refractivity contribution in [1.82, 2.24) is 25.1 Å². The summed E-state index contributed by atoms with van der Waals surface area (Å²) in [7, 11) is 0. The Morgan fingerprint density at radius 3 is 2.91 bits per heavy atom. The minimum Gasteiger partial charge on any atom is -0.444 e. The van der Waals surface area contributed by atoms with Crippen molar-refractivity contribution in [3.05, 3.63) is 18.5 Å². The molecule has 2 heterocycles. The Morgan fingerprint density at radius 2 is 2.18 bits per heavy atom. The zero-order chi connectivity index (χ0) is 16.2. The number of rotatable bonds is 5. The van der Waals surface area contributed by atoms with Crippen molar-refractivity contribution in [3.8, 4) is 0 Å². The third-order valence-corrected chi connectivity index (χ3v) is 2.81. The molecule has 0 spiro atoms. The highest BCUT2D eigenvalue weighted by atomic mass is 16.6. The van der Waals surface area contributed by atoms with E-state index in [1.807, 2.05) is 39.8 Å². The van der Waals surface area contributed by atoms with Crippen molar-refractivity contribution >= 4 is 17.6 Å². The first-order valence-electron chi connectivity index (χ1n) is 7.24. The number of nitrogens with zero attached hydrogens (tertiary/aromatic N) is 4. The molecule has 0 bridgehead atoms. The minimum absolute atomic E-state index is 0.000919. The highest BCUT2D eigenvalue weighted by Crippen LogP contribution is 2.08. The molecule has 2 aromatic rings. The molecule has 8 heteroatoms. The first-order valence-corrected chi connectivity index (χ1v) is 7.24. The van der Waals surface area contributed by atoms with Gasteiger partial charge in [0.1, 0.15) is 17.7 Å². The molecule has 2 aromatic heterocycles. The van der Waals surface area contributed by atoms with Crippen LogP contribution >= 0.6 is 0 Å². The van der Waals surface area contributed by atoms with Crippen molar-refractivity contribution in [2.45, 2.75) is 45.8 Å². The standard InChI is InChI=1S/C14H22N6O2/c1-10(17-13(21)22-14(2,3)4)7-8-15-11-5-6-12-18-16-9-20(12)19-11/h5-6,9-10H,7-8H2,1-4H3,(H,15,19)(H,17,21)/t10-/m0/s1. The number of carbonyl (C=O) groups excluding carboxylic acids is 1. The van der Waals surface area contributed by atoms with Crippen LogP contribution in [0.3, 0.4) is 0 Å². The number of hydrogen-bond donors (Lipinski definition) is 2. The van der Waals surface area contributed by atoms with E-state index in [9.17, 15) is 4.79 Å². The van der Waals surface area contributed by atoms with E-state index in [-0.39, 0.29) is 6.04 Å². The van der Waals surface area contributed by atoms with Gasteiger partial charge in [-0.3, -0.25) is 0 Å². The Kier molecular flexibility index (Phi) is 4.79. The summed E-state index contributed by atoms with van der Waals surface area (Å²) in [5.41, 5.74) is 0.214. The molecule has 2 rings (SSSR count). The summed E-state index contributed by atoms with van der Waals surface area (Å²) in [5, 5.41) is 18.0. The molecular weight excluding hydrogens is 284 g/mol. The molecule has 0 aromatic carbocycles. The van der Waals surface area contributed by atoms with Gasteiger partial charge in [-0.05, 0) is 46.2 Å². The molecule has 0 radical (unpaired) electrons. The lowest BCUT2D eigenvalue weighted by Crippen LogP contribution is -2.38. The van der Waals surface area contributed by atoms with Crippen molar-refractivity contribution < 1.29 is 9.53 Å². The second-order valence-electron chi connectivity index (χ2n) is 6.12. The number of ether oxygens (including phenoxy) is 1. The maximum Gasteiger partial charge on any atom is 0.407 e. The highest BCUT2D eigenvalue weighted by molar-refractivity contribution is 5.68. The molecule has 0 aliphatic heterocycles. The van der Waals surface area contributed by atoms with Crippen LogP contribution in [0, 0.1) is 0 Å². The van der Waals surface area contributed by atoms with Crippen LogP contribution in [-0.4, -0.2) is 44.1 Å². The maximum atomic E-state index is 11.6. The topological polar surface area (TPSA) is 93.4 Å². The summed E-state index contributed by atoms with van der Waals surface area (Å²) >= 11 is 0. The van der Waals surface area contributed by atoms with Gasteiger partial charge in [0.15, 0.2) is 5.65 Å². The van der Waals surface area contributed by atoms with Crippen LogP contribution in [0.1, 0.15) is 34.1 Å². The van der Waals surface area contributed by atoms with Crippen LogP contribution in [0.4, 0.5) is 10.6 Å². The van der Waals surface area contributed by atoms with E-state index < -0.39 is 11.7 Å². The molecule has 0 fully saturated rings. The largest absolute Gasteiger partial charge is 0.444 e. The first kappa shape index (κ1) is 16.0. The first-order chi connectivity index (χ1) is 10.3. The third-order valence-electron chi connectivity index (χ3n) is 2.81. The van der Waals surface area contributed by atoms with Crippen LogP contribution < -0.4 is 10.6 Å². The lowest BCUT2D eigenvalue weighted by molar-refractivity contribution is 0.0507. The highest BCUT2D eigenvalue weighted by Gasteiger charge is 2.17. The van der Waals surface area contributed by atoms with Gasteiger partial charge in [-0.25, -0.2) is 4.79 Å². The average Bonchev–Trinajstić information content (AvgIpc) is 2.83. The second kappa shape index (κ2) is 6.59. The van der Waals surface area contributed by atoms with Crippen LogP contribution in [-0.2, 0) is 4.74 Å². The molecule has 1 atom stereocenters. The Balaban J connectivity index is 1.74. The van der Waals surface area contributed by atoms with Crippen molar-refractivity contribution in [2.75, 3.05) is 11.9 Å². The summed E-state index contributed by atoms with van der Waals surface area (Å²) < 4.78 is 6.81. The number of carbonyl (C=O) groups is 1. The van der Waals surface area contributed by atoms with Crippen molar-refractivity contribution in [1.29, 1.82) is 0 Å². The molecule has 0 unspecified atom stereocenters. The maximum absolute atomic E-state index is 11.6. The van der Waals surface area contributed by atoms with E-state index in [4.69, 9.17) is 4.74 Å². The smallest absolute Gasteiger partial charge is 0.407 e. The predicted molar refractivity (Wildman–Crippen MR) is 82.7 cm³/mol. The van der Waals surface area contributed by atoms with Crippen LogP contribution in [0.5, 0.6) is 0 Å². The van der Waals surface area contributed by atoms with Gasteiger partial charge in [-0.1, -0.05) is 0 Å². The summed E-state index contributed by atoms with van der Waals surface area (Å²) in [6.45, 7) is 8.13. The van der Waals surface area contributed by atoms with Gasteiger partial charge in [0.2, 0.25) is 0 Å². The van der Waals surface area contributed by atoms with E-state index in [0.29, 0.717) is 12.2 Å². The summed E-state index contributed by atoms with van der Waals surface area (Å²) in [4.78, 5) is 11.6. The Hall–Kier alpha value is -2.38. The zero-order valence-electron chi connectivity index (χ0n) is 13.3. The molecule has 0 aliphatic carbocycles. The van der Waals surface area contributed by atoms with Gasteiger partial charge in [-0.2, -0.15) is 4.52 Å². The van der Waals surface area contributed by atoms with Gasteiger partial charge in [-0.15, -0.1) is 15.3 Å². The molecule has 0 aliphatic rings. The summed E-state index contributed by atoms with van der Waals surface area (Å²) in [6, 6.07) is 3.68. The van der Waals surface area contributed by atoms with Gasteiger partial charge < -0.3 is 15.4 Å². The number of alkyl carbamates (subject to hydrolysis) is 1. The van der Waals surface area contributed by atoms with E-state index >= 15 is 0 Å². The minimum atomic E-state index is -0.486. The predicted octanol–water partition coefficient (Wildman–Crippen LogP) is 1.84. The molecule has 0 saturated heterocycles. The van der Waals surface area contributed by atoms with Gasteiger partial charge >= 0.3 is 6.09 Å². The number of fused-ring (bicyclic) bond motifs is 1. The summed E-state index contributed by atoms with van der Waals surface area (Å²) in [5.74, 6) is 0.733. The average molecular weight is 306 g/mol. The molecule has 0 saturated carbocycles. The van der Waals surface area contributed by atoms with E-state index in [0.717, 1.165) is 12.2 Å². The monoisotopic (exact) mass is 306 g/mol. The Labute approximate surface area is 129 Å². The normalized spacial score (nSPS) is 12.9. The SMILES string of the molecule is C[C@@H](CCNc1ccc2nncn2n1)NC(=O)OC(C)(C)C. The fourth-order valence-corrected chi connectivity index (χ4v) is 1.82. The molecule has 8 nitrogen and oxygen atoms in total. The number of nitrogens with one attached hydrogen (secondary N) is 2. The lowest BCUT2D eigenvalue weighted by Gasteiger charge is -2.22. The fourth-order valence-electron chi connectivity index (χ4n) is 1.82. The van der Waals surface area contributed by atoms with Gasteiger partial charge in [0, 0.05) is 12.6 Å². The third kappa shape index (κ3) is 4.87. The number of aromatic nitrogens is 4. The Bertz CT molecular complexity index is 634.